The summed E-state index contributed by atoms with van der Waals surface area (Å²) in [5.41, 5.74) is 4.90. The molecule has 0 radical (unpaired) electrons. The van der Waals surface area contributed by atoms with Crippen molar-refractivity contribution in [2.24, 2.45) is 7.05 Å². The van der Waals surface area contributed by atoms with Crippen LogP contribution in [0.3, 0.4) is 0 Å². The topological polar surface area (TPSA) is 84.1 Å². The molecule has 1 aromatic carbocycles. The van der Waals surface area contributed by atoms with Gasteiger partial charge in [0.25, 0.3) is 0 Å². The molecule has 4 aromatic rings. The number of benzene rings is 1. The molecule has 0 saturated heterocycles. The number of methoxy groups -OCH3 is 1. The highest BCUT2D eigenvalue weighted by atomic mass is 16.5. The van der Waals surface area contributed by atoms with Gasteiger partial charge in [0.05, 0.1) is 31.0 Å². The molecule has 156 valence electrons. The first-order valence-electron chi connectivity index (χ1n) is 9.90. The predicted octanol–water partition coefficient (Wildman–Crippen LogP) is 3.09. The average Bonchev–Trinajstić information content (AvgIpc) is 3.02. The molecule has 0 aliphatic carbocycles. The summed E-state index contributed by atoms with van der Waals surface area (Å²) in [6.07, 6.45) is 1.84. The molecule has 0 unspecified atom stereocenters. The number of ether oxygens (including phenoxy) is 2. The molecule has 8 nitrogen and oxygen atoms in total. The van der Waals surface area contributed by atoms with Crippen LogP contribution >= 0.6 is 0 Å². The van der Waals surface area contributed by atoms with Crippen molar-refractivity contribution in [3.05, 3.63) is 52.7 Å². The van der Waals surface area contributed by atoms with Gasteiger partial charge in [0.15, 0.2) is 5.65 Å². The number of imidazole rings is 1. The Morgan fingerprint density at radius 3 is 2.57 bits per heavy atom. The minimum absolute atomic E-state index is 0.0105. The zero-order valence-corrected chi connectivity index (χ0v) is 17.6. The molecule has 4 rings (SSSR count). The summed E-state index contributed by atoms with van der Waals surface area (Å²) in [6, 6.07) is 9.97. The third-order valence-corrected chi connectivity index (χ3v) is 5.12. The van der Waals surface area contributed by atoms with Crippen LogP contribution in [0.5, 0.6) is 0 Å². The van der Waals surface area contributed by atoms with Gasteiger partial charge in [-0.25, -0.2) is 4.79 Å². The Bertz CT molecular complexity index is 1240. The van der Waals surface area contributed by atoms with Crippen molar-refractivity contribution in [2.75, 3.05) is 20.3 Å². The van der Waals surface area contributed by atoms with Crippen LogP contribution in [0.2, 0.25) is 0 Å². The summed E-state index contributed by atoms with van der Waals surface area (Å²) in [7, 11) is 3.38. The minimum atomic E-state index is -0.0910. The third kappa shape index (κ3) is 3.59. The summed E-state index contributed by atoms with van der Waals surface area (Å²) >= 11 is 0. The van der Waals surface area contributed by atoms with E-state index in [-0.39, 0.29) is 11.7 Å². The SMILES string of the molecule is COCCOCc1ccc(-c2ccc3nnc4c(c3c2)n(C(C)C)c(=O)n4C)cn1. The van der Waals surface area contributed by atoms with Crippen LogP contribution in [-0.2, 0) is 23.1 Å². The van der Waals surface area contributed by atoms with Crippen molar-refractivity contribution in [1.29, 1.82) is 0 Å². The van der Waals surface area contributed by atoms with Gasteiger partial charge in [-0.3, -0.25) is 14.1 Å². The van der Waals surface area contributed by atoms with Gasteiger partial charge in [0, 0.05) is 37.3 Å². The number of hydrogen-bond donors (Lipinski definition) is 0. The Morgan fingerprint density at radius 2 is 1.87 bits per heavy atom. The molecule has 3 heterocycles. The lowest BCUT2D eigenvalue weighted by molar-refractivity contribution is 0.0602. The highest BCUT2D eigenvalue weighted by Crippen LogP contribution is 2.28. The molecular formula is C22H25N5O3. The van der Waals surface area contributed by atoms with E-state index in [0.717, 1.165) is 33.2 Å². The molecule has 0 N–H and O–H groups in total. The highest BCUT2D eigenvalue weighted by molar-refractivity contribution is 6.02. The fourth-order valence-corrected chi connectivity index (χ4v) is 3.55. The van der Waals surface area contributed by atoms with Crippen LogP contribution in [0.15, 0.2) is 41.3 Å². The Hall–Kier alpha value is -3.10. The second kappa shape index (κ2) is 8.33. The van der Waals surface area contributed by atoms with Gasteiger partial charge in [0.2, 0.25) is 0 Å². The molecule has 0 aliphatic heterocycles. The zero-order valence-electron chi connectivity index (χ0n) is 17.6. The lowest BCUT2D eigenvalue weighted by atomic mass is 10.0. The van der Waals surface area contributed by atoms with E-state index in [4.69, 9.17) is 9.47 Å². The average molecular weight is 407 g/mol. The van der Waals surface area contributed by atoms with E-state index in [1.165, 1.54) is 0 Å². The van der Waals surface area contributed by atoms with Crippen LogP contribution in [-0.4, -0.2) is 44.6 Å². The van der Waals surface area contributed by atoms with Crippen molar-refractivity contribution in [3.8, 4) is 11.1 Å². The van der Waals surface area contributed by atoms with Crippen LogP contribution in [0, 0.1) is 0 Å². The van der Waals surface area contributed by atoms with Gasteiger partial charge < -0.3 is 9.47 Å². The molecule has 0 spiro atoms. The number of fused-ring (bicyclic) bond motifs is 3. The van der Waals surface area contributed by atoms with Crippen molar-refractivity contribution in [1.82, 2.24) is 24.3 Å². The molecular weight excluding hydrogens is 382 g/mol. The molecule has 0 amide bonds. The van der Waals surface area contributed by atoms with Gasteiger partial charge in [0.1, 0.15) is 5.52 Å². The monoisotopic (exact) mass is 407 g/mol. The van der Waals surface area contributed by atoms with E-state index in [9.17, 15) is 4.79 Å². The molecule has 30 heavy (non-hydrogen) atoms. The second-order valence-corrected chi connectivity index (χ2v) is 7.49. The van der Waals surface area contributed by atoms with E-state index in [1.54, 1.807) is 23.3 Å². The fourth-order valence-electron chi connectivity index (χ4n) is 3.55. The van der Waals surface area contributed by atoms with E-state index < -0.39 is 0 Å². The maximum Gasteiger partial charge on any atom is 0.330 e. The van der Waals surface area contributed by atoms with Crippen LogP contribution in [0.25, 0.3) is 33.2 Å². The van der Waals surface area contributed by atoms with Gasteiger partial charge in [-0.05, 0) is 37.6 Å². The molecule has 0 bridgehead atoms. The van der Waals surface area contributed by atoms with Gasteiger partial charge in [-0.15, -0.1) is 10.2 Å². The Labute approximate surface area is 174 Å². The number of aromatic nitrogens is 5. The van der Waals surface area contributed by atoms with Crippen LogP contribution in [0.1, 0.15) is 25.6 Å². The molecule has 0 aliphatic rings. The summed E-state index contributed by atoms with van der Waals surface area (Å²) in [4.78, 5) is 17.2. The first kappa shape index (κ1) is 20.2. The number of aryl methyl sites for hydroxylation is 1. The molecule has 0 saturated carbocycles. The Morgan fingerprint density at radius 1 is 1.07 bits per heavy atom. The first-order valence-corrected chi connectivity index (χ1v) is 9.90. The first-order chi connectivity index (χ1) is 14.5. The Kier molecular flexibility index (Phi) is 5.61. The standard InChI is InChI=1S/C22H25N5O3/c1-14(2)27-20-18-11-15(6-8-19(18)24-25-21(20)26(3)22(27)28)16-5-7-17(23-12-16)13-30-10-9-29-4/h5-8,11-12,14H,9-10,13H2,1-4H3. The zero-order chi connectivity index (χ0) is 21.3. The van der Waals surface area contributed by atoms with E-state index >= 15 is 0 Å². The summed E-state index contributed by atoms with van der Waals surface area (Å²) in [6.45, 7) is 5.54. The number of hydrogen-bond acceptors (Lipinski definition) is 6. The van der Waals surface area contributed by atoms with Crippen molar-refractivity contribution < 1.29 is 9.47 Å². The number of rotatable bonds is 7. The maximum absolute atomic E-state index is 12.7. The fraction of sp³-hybridized carbons (Fsp3) is 0.364. The third-order valence-electron chi connectivity index (χ3n) is 5.12. The lowest BCUT2D eigenvalue weighted by Gasteiger charge is -2.10. The van der Waals surface area contributed by atoms with Crippen molar-refractivity contribution in [2.45, 2.75) is 26.5 Å². The van der Waals surface area contributed by atoms with Crippen LogP contribution in [0.4, 0.5) is 0 Å². The smallest absolute Gasteiger partial charge is 0.330 e. The number of pyridine rings is 1. The molecule has 3 aromatic heterocycles. The van der Waals surface area contributed by atoms with E-state index in [2.05, 4.69) is 21.2 Å². The lowest BCUT2D eigenvalue weighted by Crippen LogP contribution is -2.23. The van der Waals surface area contributed by atoms with Crippen LogP contribution < -0.4 is 5.69 Å². The summed E-state index contributed by atoms with van der Waals surface area (Å²) in [5, 5.41) is 9.50. The van der Waals surface area contributed by atoms with Gasteiger partial charge in [-0.1, -0.05) is 12.1 Å². The Balaban J connectivity index is 1.75. The maximum atomic E-state index is 12.7. The van der Waals surface area contributed by atoms with Gasteiger partial charge in [-0.2, -0.15) is 0 Å². The molecule has 0 atom stereocenters. The highest BCUT2D eigenvalue weighted by Gasteiger charge is 2.18. The molecule has 0 fully saturated rings. The van der Waals surface area contributed by atoms with Crippen molar-refractivity contribution >= 4 is 22.1 Å². The number of nitrogens with zero attached hydrogens (tertiary/aromatic N) is 5. The van der Waals surface area contributed by atoms with E-state index in [0.29, 0.717) is 25.5 Å². The normalized spacial score (nSPS) is 11.8. The van der Waals surface area contributed by atoms with Crippen molar-refractivity contribution in [3.63, 3.8) is 0 Å². The largest absolute Gasteiger partial charge is 0.382 e. The summed E-state index contributed by atoms with van der Waals surface area (Å²) < 4.78 is 13.8. The molecule has 8 heteroatoms. The summed E-state index contributed by atoms with van der Waals surface area (Å²) in [5.74, 6) is 0. The minimum Gasteiger partial charge on any atom is -0.382 e. The second-order valence-electron chi connectivity index (χ2n) is 7.49. The quantitative estimate of drug-likeness (QED) is 0.438. The van der Waals surface area contributed by atoms with E-state index in [1.807, 2.05) is 44.3 Å². The predicted molar refractivity (Wildman–Crippen MR) is 115 cm³/mol. The van der Waals surface area contributed by atoms with Gasteiger partial charge >= 0.3 is 5.69 Å².